The highest BCUT2D eigenvalue weighted by Crippen LogP contribution is 2.27. The number of rotatable bonds is 1. The fourth-order valence-corrected chi connectivity index (χ4v) is 2.08. The van der Waals surface area contributed by atoms with Gasteiger partial charge in [-0.05, 0) is 46.6 Å². The zero-order valence-corrected chi connectivity index (χ0v) is 10.0. The van der Waals surface area contributed by atoms with Crippen LogP contribution in [0.25, 0.3) is 10.9 Å². The van der Waals surface area contributed by atoms with Crippen molar-refractivity contribution in [2.75, 3.05) is 12.4 Å². The summed E-state index contributed by atoms with van der Waals surface area (Å²) in [4.78, 5) is 4.32. The molecule has 1 aromatic carbocycles. The molecule has 0 spiro atoms. The number of aryl methyl sites for hydroxylation is 1. The Balaban J connectivity index is 2.84. The Morgan fingerprint density at radius 3 is 2.80 bits per heavy atom. The van der Waals surface area contributed by atoms with Crippen molar-refractivity contribution in [3.05, 3.63) is 34.1 Å². The van der Waals surface area contributed by atoms with Crippen molar-refractivity contribution >= 4 is 32.7 Å². The van der Waals surface area contributed by atoms with Crippen LogP contribution < -0.4 is 5.32 Å². The van der Waals surface area contributed by atoms with Crippen LogP contribution in [0.3, 0.4) is 0 Å². The van der Waals surface area contributed by atoms with Crippen molar-refractivity contribution in [2.45, 2.75) is 6.92 Å². The summed E-state index contributed by atoms with van der Waals surface area (Å²) < 4.78 is 14.2. The summed E-state index contributed by atoms with van der Waals surface area (Å²) in [6, 6.07) is 5.24. The van der Waals surface area contributed by atoms with Crippen LogP contribution >= 0.6 is 15.9 Å². The summed E-state index contributed by atoms with van der Waals surface area (Å²) in [7, 11) is 1.79. The lowest BCUT2D eigenvalue weighted by atomic mass is 10.1. The van der Waals surface area contributed by atoms with E-state index in [1.807, 2.05) is 6.92 Å². The molecule has 0 radical (unpaired) electrons. The molecule has 15 heavy (non-hydrogen) atoms. The number of pyridine rings is 1. The molecule has 2 aromatic rings. The first-order valence-electron chi connectivity index (χ1n) is 4.56. The number of benzene rings is 1. The monoisotopic (exact) mass is 268 g/mol. The molecular weight excluding hydrogens is 259 g/mol. The minimum Gasteiger partial charge on any atom is -0.373 e. The van der Waals surface area contributed by atoms with E-state index in [-0.39, 0.29) is 5.82 Å². The van der Waals surface area contributed by atoms with Gasteiger partial charge in [0.2, 0.25) is 0 Å². The zero-order valence-electron chi connectivity index (χ0n) is 8.44. The van der Waals surface area contributed by atoms with Crippen molar-refractivity contribution < 1.29 is 4.39 Å². The predicted octanol–water partition coefficient (Wildman–Crippen LogP) is 3.49. The second-order valence-electron chi connectivity index (χ2n) is 3.33. The first-order chi connectivity index (χ1) is 7.13. The first-order valence-corrected chi connectivity index (χ1v) is 5.36. The lowest BCUT2D eigenvalue weighted by molar-refractivity contribution is 0.632. The van der Waals surface area contributed by atoms with E-state index in [9.17, 15) is 4.39 Å². The number of halogens is 2. The van der Waals surface area contributed by atoms with E-state index in [1.54, 1.807) is 25.2 Å². The predicted molar refractivity (Wildman–Crippen MR) is 63.7 cm³/mol. The molecule has 1 heterocycles. The molecule has 0 bridgehead atoms. The smallest absolute Gasteiger partial charge is 0.146 e. The maximum atomic E-state index is 13.7. The summed E-state index contributed by atoms with van der Waals surface area (Å²) >= 11 is 3.18. The molecule has 1 N–H and O–H groups in total. The van der Waals surface area contributed by atoms with Gasteiger partial charge < -0.3 is 5.32 Å². The molecule has 2 nitrogen and oxygen atoms in total. The minimum atomic E-state index is -0.259. The van der Waals surface area contributed by atoms with Gasteiger partial charge in [0, 0.05) is 12.4 Å². The molecule has 0 fully saturated rings. The second-order valence-corrected chi connectivity index (χ2v) is 4.19. The summed E-state index contributed by atoms with van der Waals surface area (Å²) in [5, 5.41) is 3.48. The molecular formula is C11H10BrFN2. The van der Waals surface area contributed by atoms with Crippen LogP contribution in [0.1, 0.15) is 5.56 Å². The highest BCUT2D eigenvalue weighted by atomic mass is 79.9. The summed E-state index contributed by atoms with van der Waals surface area (Å²) in [6.07, 6.45) is 0. The van der Waals surface area contributed by atoms with E-state index >= 15 is 0 Å². The van der Waals surface area contributed by atoms with E-state index in [0.717, 1.165) is 11.4 Å². The van der Waals surface area contributed by atoms with Gasteiger partial charge in [-0.2, -0.15) is 0 Å². The second kappa shape index (κ2) is 3.77. The molecule has 0 unspecified atom stereocenters. The minimum absolute atomic E-state index is 0.259. The van der Waals surface area contributed by atoms with Crippen molar-refractivity contribution in [3.8, 4) is 0 Å². The van der Waals surface area contributed by atoms with E-state index in [2.05, 4.69) is 26.2 Å². The maximum Gasteiger partial charge on any atom is 0.146 e. The van der Waals surface area contributed by atoms with E-state index in [0.29, 0.717) is 15.4 Å². The fourth-order valence-electron chi connectivity index (χ4n) is 1.53. The number of nitrogens with one attached hydrogen (secondary N) is 1. The molecule has 0 saturated heterocycles. The SMILES string of the molecule is CNc1ccc2c(F)c(Br)cc(C)c2n1. The molecule has 0 saturated carbocycles. The lowest BCUT2D eigenvalue weighted by Gasteiger charge is -2.06. The quantitative estimate of drug-likeness (QED) is 0.857. The zero-order chi connectivity index (χ0) is 11.0. The number of aromatic nitrogens is 1. The van der Waals surface area contributed by atoms with Gasteiger partial charge in [0.15, 0.2) is 0 Å². The third-order valence-electron chi connectivity index (χ3n) is 2.31. The van der Waals surface area contributed by atoms with E-state index in [4.69, 9.17) is 0 Å². The normalized spacial score (nSPS) is 10.7. The third kappa shape index (κ3) is 1.69. The Morgan fingerprint density at radius 2 is 2.13 bits per heavy atom. The van der Waals surface area contributed by atoms with Crippen LogP contribution in [0.15, 0.2) is 22.7 Å². The van der Waals surface area contributed by atoms with E-state index in [1.165, 1.54) is 0 Å². The van der Waals surface area contributed by atoms with Gasteiger partial charge in [-0.15, -0.1) is 0 Å². The molecule has 78 valence electrons. The van der Waals surface area contributed by atoms with Crippen LogP contribution in [0.2, 0.25) is 0 Å². The van der Waals surface area contributed by atoms with Crippen LogP contribution in [0.4, 0.5) is 10.2 Å². The number of hydrogen-bond donors (Lipinski definition) is 1. The molecule has 1 aromatic heterocycles. The lowest BCUT2D eigenvalue weighted by Crippen LogP contribution is -1.95. The Hall–Kier alpha value is -1.16. The average molecular weight is 269 g/mol. The Morgan fingerprint density at radius 1 is 1.40 bits per heavy atom. The van der Waals surface area contributed by atoms with Gasteiger partial charge in [0.1, 0.15) is 11.6 Å². The Bertz CT molecular complexity index is 525. The van der Waals surface area contributed by atoms with Gasteiger partial charge >= 0.3 is 0 Å². The van der Waals surface area contributed by atoms with Gasteiger partial charge in [-0.1, -0.05) is 0 Å². The van der Waals surface area contributed by atoms with Crippen molar-refractivity contribution in [2.24, 2.45) is 0 Å². The fraction of sp³-hybridized carbons (Fsp3) is 0.182. The Labute approximate surface area is 95.6 Å². The summed E-state index contributed by atoms with van der Waals surface area (Å²) in [5.74, 6) is 0.484. The van der Waals surface area contributed by atoms with Gasteiger partial charge in [-0.3, -0.25) is 0 Å². The standard InChI is InChI=1S/C11H10BrFN2/c1-6-5-8(12)10(13)7-3-4-9(14-2)15-11(6)7/h3-5H,1-2H3,(H,14,15). The molecule has 4 heteroatoms. The van der Waals surface area contributed by atoms with Crippen molar-refractivity contribution in [3.63, 3.8) is 0 Å². The van der Waals surface area contributed by atoms with Crippen LogP contribution in [-0.2, 0) is 0 Å². The van der Waals surface area contributed by atoms with Crippen molar-refractivity contribution in [1.82, 2.24) is 4.98 Å². The molecule has 0 aliphatic rings. The van der Waals surface area contributed by atoms with Crippen LogP contribution in [0.5, 0.6) is 0 Å². The highest BCUT2D eigenvalue weighted by molar-refractivity contribution is 9.10. The van der Waals surface area contributed by atoms with Gasteiger partial charge in [-0.25, -0.2) is 9.37 Å². The first kappa shape index (κ1) is 10.4. The molecule has 0 amide bonds. The van der Waals surface area contributed by atoms with Crippen LogP contribution in [-0.4, -0.2) is 12.0 Å². The molecule has 0 atom stereocenters. The summed E-state index contributed by atoms with van der Waals surface area (Å²) in [6.45, 7) is 1.92. The maximum absolute atomic E-state index is 13.7. The largest absolute Gasteiger partial charge is 0.373 e. The van der Waals surface area contributed by atoms with E-state index < -0.39 is 0 Å². The van der Waals surface area contributed by atoms with Crippen LogP contribution in [0, 0.1) is 12.7 Å². The Kier molecular flexibility index (Phi) is 2.61. The highest BCUT2D eigenvalue weighted by Gasteiger charge is 2.09. The summed E-state index contributed by atoms with van der Waals surface area (Å²) in [5.41, 5.74) is 1.65. The molecule has 0 aliphatic carbocycles. The average Bonchev–Trinajstić information content (AvgIpc) is 2.25. The topological polar surface area (TPSA) is 24.9 Å². The number of fused-ring (bicyclic) bond motifs is 1. The van der Waals surface area contributed by atoms with Gasteiger partial charge in [0.25, 0.3) is 0 Å². The number of hydrogen-bond acceptors (Lipinski definition) is 2. The van der Waals surface area contributed by atoms with Gasteiger partial charge in [0.05, 0.1) is 9.99 Å². The number of anilines is 1. The number of nitrogens with zero attached hydrogens (tertiary/aromatic N) is 1. The molecule has 2 rings (SSSR count). The third-order valence-corrected chi connectivity index (χ3v) is 2.89. The van der Waals surface area contributed by atoms with Crippen molar-refractivity contribution in [1.29, 1.82) is 0 Å². The molecule has 0 aliphatic heterocycles.